The predicted octanol–water partition coefficient (Wildman–Crippen LogP) is 3.44. The van der Waals surface area contributed by atoms with E-state index in [1.807, 2.05) is 43.3 Å². The molecule has 0 amide bonds. The van der Waals surface area contributed by atoms with Gasteiger partial charge in [0.15, 0.2) is 0 Å². The molecule has 1 fully saturated rings. The van der Waals surface area contributed by atoms with Crippen LogP contribution in [-0.4, -0.2) is 45.3 Å². The van der Waals surface area contributed by atoms with E-state index in [0.717, 1.165) is 30.0 Å². The molecule has 5 rings (SSSR count). The van der Waals surface area contributed by atoms with Gasteiger partial charge in [0.2, 0.25) is 5.95 Å². The number of aromatic nitrogens is 4. The van der Waals surface area contributed by atoms with E-state index in [4.69, 9.17) is 22.1 Å². The Bertz CT molecular complexity index is 1410. The highest BCUT2D eigenvalue weighted by molar-refractivity contribution is 6.33. The van der Waals surface area contributed by atoms with Crippen LogP contribution in [0.25, 0.3) is 33.4 Å². The van der Waals surface area contributed by atoms with Gasteiger partial charge in [0.05, 0.1) is 18.4 Å². The van der Waals surface area contributed by atoms with Crippen LogP contribution in [0.2, 0.25) is 5.02 Å². The zero-order chi connectivity index (χ0) is 23.7. The van der Waals surface area contributed by atoms with Gasteiger partial charge in [-0.2, -0.15) is 4.98 Å². The summed E-state index contributed by atoms with van der Waals surface area (Å²) in [4.78, 5) is 26.7. The van der Waals surface area contributed by atoms with Gasteiger partial charge in [0.25, 0.3) is 5.56 Å². The van der Waals surface area contributed by atoms with Crippen molar-refractivity contribution in [3.8, 4) is 22.4 Å². The van der Waals surface area contributed by atoms with Gasteiger partial charge in [-0.25, -0.2) is 4.98 Å². The summed E-state index contributed by atoms with van der Waals surface area (Å²) in [6.07, 6.45) is 2.33. The Morgan fingerprint density at radius 1 is 1.21 bits per heavy atom. The van der Waals surface area contributed by atoms with E-state index in [2.05, 4.69) is 20.3 Å². The summed E-state index contributed by atoms with van der Waals surface area (Å²) in [5.41, 5.74) is 9.92. The van der Waals surface area contributed by atoms with Crippen molar-refractivity contribution in [2.75, 3.05) is 25.4 Å². The quantitative estimate of drug-likeness (QED) is 0.454. The fourth-order valence-electron chi connectivity index (χ4n) is 4.25. The molecule has 1 unspecified atom stereocenters. The van der Waals surface area contributed by atoms with Gasteiger partial charge in [-0.3, -0.25) is 14.3 Å². The van der Waals surface area contributed by atoms with Crippen molar-refractivity contribution in [3.63, 3.8) is 0 Å². The summed E-state index contributed by atoms with van der Waals surface area (Å²) in [5, 5.41) is 4.51. The van der Waals surface area contributed by atoms with Gasteiger partial charge in [0, 0.05) is 58.6 Å². The zero-order valence-corrected chi connectivity index (χ0v) is 19.5. The number of aryl methyl sites for hydroxylation is 2. The van der Waals surface area contributed by atoms with Gasteiger partial charge in [-0.1, -0.05) is 29.8 Å². The number of nitrogens with zero attached hydrogens (tertiary/aromatic N) is 4. The van der Waals surface area contributed by atoms with Crippen LogP contribution >= 0.6 is 11.6 Å². The highest BCUT2D eigenvalue weighted by Gasteiger charge is 2.18. The second-order valence-corrected chi connectivity index (χ2v) is 8.77. The molecule has 1 aliphatic rings. The molecule has 0 radical (unpaired) electrons. The van der Waals surface area contributed by atoms with E-state index in [1.165, 1.54) is 0 Å². The van der Waals surface area contributed by atoms with Crippen molar-refractivity contribution in [2.24, 2.45) is 0 Å². The number of rotatable bonds is 5. The third kappa shape index (κ3) is 4.52. The largest absolute Gasteiger partial charge is 0.376 e. The van der Waals surface area contributed by atoms with Crippen LogP contribution in [0.4, 0.5) is 5.95 Å². The summed E-state index contributed by atoms with van der Waals surface area (Å²) in [6.45, 7) is 4.64. The Balaban J connectivity index is 1.57. The van der Waals surface area contributed by atoms with Crippen molar-refractivity contribution in [1.29, 1.82) is 0 Å². The fourth-order valence-corrected chi connectivity index (χ4v) is 4.53. The molecule has 3 aromatic heterocycles. The van der Waals surface area contributed by atoms with Gasteiger partial charge in [0.1, 0.15) is 5.65 Å². The van der Waals surface area contributed by atoms with Crippen LogP contribution in [-0.2, 0) is 11.3 Å². The summed E-state index contributed by atoms with van der Waals surface area (Å²) in [6, 6.07) is 13.2. The summed E-state index contributed by atoms with van der Waals surface area (Å²) < 4.78 is 7.46. The van der Waals surface area contributed by atoms with Crippen molar-refractivity contribution >= 4 is 28.6 Å². The number of fused-ring (bicyclic) bond motifs is 1. The molecule has 1 aliphatic heterocycles. The Kier molecular flexibility index (Phi) is 6.28. The molecule has 0 spiro atoms. The van der Waals surface area contributed by atoms with Crippen LogP contribution in [0.5, 0.6) is 0 Å². The summed E-state index contributed by atoms with van der Waals surface area (Å²) >= 11 is 6.70. The lowest BCUT2D eigenvalue weighted by Crippen LogP contribution is -2.39. The second-order valence-electron chi connectivity index (χ2n) is 8.37. The molecule has 9 heteroatoms. The topological polar surface area (TPSA) is 108 Å². The summed E-state index contributed by atoms with van der Waals surface area (Å²) in [7, 11) is 0. The first-order valence-corrected chi connectivity index (χ1v) is 11.6. The fraction of sp³-hybridized carbons (Fsp3) is 0.280. The van der Waals surface area contributed by atoms with Crippen molar-refractivity contribution < 1.29 is 4.74 Å². The van der Waals surface area contributed by atoms with E-state index in [1.54, 1.807) is 16.8 Å². The molecular formula is C25H25ClN6O2. The van der Waals surface area contributed by atoms with Gasteiger partial charge < -0.3 is 15.8 Å². The number of nitrogens with one attached hydrogen (secondary N) is 1. The molecule has 1 atom stereocenters. The number of nitrogen functional groups attached to an aromatic ring is 1. The number of hydrogen-bond donors (Lipinski definition) is 2. The highest BCUT2D eigenvalue weighted by Crippen LogP contribution is 2.31. The number of ether oxygens (including phenoxy) is 1. The minimum absolute atomic E-state index is 0.0308. The van der Waals surface area contributed by atoms with Crippen LogP contribution in [0, 0.1) is 6.92 Å². The minimum Gasteiger partial charge on any atom is -0.376 e. The Morgan fingerprint density at radius 3 is 2.85 bits per heavy atom. The SMILES string of the molecule is Cc1cccc(-c2ccc(-c3cc4cnc(N)nc4n(CCC4CNCCO4)c3=O)c(Cl)c2)n1. The molecule has 1 aromatic carbocycles. The first kappa shape index (κ1) is 22.5. The second kappa shape index (κ2) is 9.50. The van der Waals surface area contributed by atoms with Crippen LogP contribution in [0.3, 0.4) is 0 Å². The molecule has 0 aliphatic carbocycles. The van der Waals surface area contributed by atoms with Gasteiger partial charge in [-0.05, 0) is 37.6 Å². The molecule has 8 nitrogen and oxygen atoms in total. The number of nitrogens with two attached hydrogens (primary N) is 1. The zero-order valence-electron chi connectivity index (χ0n) is 18.8. The standard InChI is InChI=1S/C25H25ClN6O2/c1-15-3-2-4-22(30-15)16-5-6-19(21(26)12-16)20-11-17-13-29-25(27)31-23(17)32(24(20)33)9-7-18-14-28-8-10-34-18/h2-6,11-13,18,28H,7-10,14H2,1H3,(H2,27,29,31). The molecule has 4 aromatic rings. The maximum absolute atomic E-state index is 13.7. The molecule has 3 N–H and O–H groups in total. The van der Waals surface area contributed by atoms with E-state index >= 15 is 0 Å². The molecule has 4 heterocycles. The van der Waals surface area contributed by atoms with E-state index in [0.29, 0.717) is 46.8 Å². The number of halogens is 1. The lowest BCUT2D eigenvalue weighted by atomic mass is 10.0. The number of anilines is 1. The number of pyridine rings is 2. The van der Waals surface area contributed by atoms with Crippen LogP contribution in [0.1, 0.15) is 12.1 Å². The normalized spacial score (nSPS) is 16.1. The first-order chi connectivity index (χ1) is 16.5. The molecule has 0 saturated carbocycles. The number of hydrogen-bond acceptors (Lipinski definition) is 7. The first-order valence-electron chi connectivity index (χ1n) is 11.2. The predicted molar refractivity (Wildman–Crippen MR) is 134 cm³/mol. The van der Waals surface area contributed by atoms with Crippen molar-refractivity contribution in [1.82, 2.24) is 24.8 Å². The van der Waals surface area contributed by atoms with Crippen molar-refractivity contribution in [2.45, 2.75) is 26.0 Å². The molecule has 34 heavy (non-hydrogen) atoms. The lowest BCUT2D eigenvalue weighted by molar-refractivity contribution is 0.0211. The maximum Gasteiger partial charge on any atom is 0.260 e. The molecular weight excluding hydrogens is 452 g/mol. The monoisotopic (exact) mass is 476 g/mol. The third-order valence-corrected chi connectivity index (χ3v) is 6.28. The van der Waals surface area contributed by atoms with E-state index in [9.17, 15) is 4.79 Å². The number of morpholine rings is 1. The Hall–Kier alpha value is -3.33. The average molecular weight is 477 g/mol. The maximum atomic E-state index is 13.7. The average Bonchev–Trinajstić information content (AvgIpc) is 2.84. The molecule has 174 valence electrons. The summed E-state index contributed by atoms with van der Waals surface area (Å²) in [5.74, 6) is 0.122. The molecule has 1 saturated heterocycles. The van der Waals surface area contributed by atoms with Gasteiger partial charge >= 0.3 is 0 Å². The van der Waals surface area contributed by atoms with Gasteiger partial charge in [-0.15, -0.1) is 0 Å². The van der Waals surface area contributed by atoms with Crippen LogP contribution in [0.15, 0.2) is 53.5 Å². The Labute approximate surface area is 201 Å². The van der Waals surface area contributed by atoms with Crippen molar-refractivity contribution in [3.05, 3.63) is 69.7 Å². The third-order valence-electron chi connectivity index (χ3n) is 5.97. The highest BCUT2D eigenvalue weighted by atomic mass is 35.5. The Morgan fingerprint density at radius 2 is 2.09 bits per heavy atom. The lowest BCUT2D eigenvalue weighted by Gasteiger charge is -2.24. The minimum atomic E-state index is -0.183. The van der Waals surface area contributed by atoms with E-state index in [-0.39, 0.29) is 17.6 Å². The van der Waals surface area contributed by atoms with E-state index < -0.39 is 0 Å². The van der Waals surface area contributed by atoms with Crippen LogP contribution < -0.4 is 16.6 Å². The number of benzene rings is 1. The smallest absolute Gasteiger partial charge is 0.260 e. The molecule has 0 bridgehead atoms.